The maximum Gasteiger partial charge on any atom is 0.276 e. The first-order valence-electron chi connectivity index (χ1n) is 9.47. The van der Waals surface area contributed by atoms with Gasteiger partial charge in [0.25, 0.3) is 5.91 Å². The van der Waals surface area contributed by atoms with E-state index in [0.717, 1.165) is 36.7 Å². The molecular formula is C19H27N5O3S. The van der Waals surface area contributed by atoms with Crippen LogP contribution in [0.5, 0.6) is 11.5 Å². The fraction of sp³-hybridized carbons (Fsp3) is 0.526. The van der Waals surface area contributed by atoms with Crippen LogP contribution >= 0.6 is 11.8 Å². The van der Waals surface area contributed by atoms with Gasteiger partial charge in [0.1, 0.15) is 0 Å². The van der Waals surface area contributed by atoms with Crippen LogP contribution in [0.2, 0.25) is 0 Å². The Kier molecular flexibility index (Phi) is 7.16. The summed E-state index contributed by atoms with van der Waals surface area (Å²) in [5.41, 5.74) is 1.47. The SMILES string of the molecule is CCOc1cc(CN(C)CCn2cc(C(=O)N3CCSCC3)nn2)ccc1O. The van der Waals surface area contributed by atoms with Crippen LogP contribution in [0.15, 0.2) is 24.4 Å². The molecule has 1 aliphatic heterocycles. The molecule has 152 valence electrons. The summed E-state index contributed by atoms with van der Waals surface area (Å²) < 4.78 is 7.15. The summed E-state index contributed by atoms with van der Waals surface area (Å²) in [7, 11) is 2.02. The second-order valence-corrected chi connectivity index (χ2v) is 7.97. The number of thioether (sulfide) groups is 1. The van der Waals surface area contributed by atoms with E-state index in [-0.39, 0.29) is 11.7 Å². The molecule has 0 saturated carbocycles. The summed E-state index contributed by atoms with van der Waals surface area (Å²) in [6.45, 7) is 6.05. The third kappa shape index (κ3) is 5.39. The fourth-order valence-corrected chi connectivity index (χ4v) is 3.93. The molecular weight excluding hydrogens is 378 g/mol. The van der Waals surface area contributed by atoms with Gasteiger partial charge in [0, 0.05) is 37.7 Å². The Bertz CT molecular complexity index is 792. The van der Waals surface area contributed by atoms with Gasteiger partial charge in [-0.1, -0.05) is 11.3 Å². The molecule has 2 aromatic rings. The van der Waals surface area contributed by atoms with Crippen LogP contribution in [0, 0.1) is 0 Å². The van der Waals surface area contributed by atoms with Gasteiger partial charge < -0.3 is 19.6 Å². The van der Waals surface area contributed by atoms with Crippen LogP contribution in [0.1, 0.15) is 23.0 Å². The minimum Gasteiger partial charge on any atom is -0.504 e. The quantitative estimate of drug-likeness (QED) is 0.716. The molecule has 0 spiro atoms. The number of likely N-dealkylation sites (N-methyl/N-ethyl adjacent to an activating group) is 1. The van der Waals surface area contributed by atoms with Crippen molar-refractivity contribution in [1.82, 2.24) is 24.8 Å². The predicted octanol–water partition coefficient (Wildman–Crippen LogP) is 1.70. The van der Waals surface area contributed by atoms with E-state index in [2.05, 4.69) is 15.2 Å². The lowest BCUT2D eigenvalue weighted by Crippen LogP contribution is -2.38. The number of aromatic hydroxyl groups is 1. The molecule has 0 aliphatic carbocycles. The topological polar surface area (TPSA) is 83.7 Å². The monoisotopic (exact) mass is 405 g/mol. The maximum atomic E-state index is 12.5. The Balaban J connectivity index is 1.51. The van der Waals surface area contributed by atoms with E-state index in [1.807, 2.05) is 42.8 Å². The normalized spacial score (nSPS) is 14.5. The van der Waals surface area contributed by atoms with Gasteiger partial charge >= 0.3 is 0 Å². The second kappa shape index (κ2) is 9.79. The van der Waals surface area contributed by atoms with Crippen molar-refractivity contribution in [3.63, 3.8) is 0 Å². The lowest BCUT2D eigenvalue weighted by Gasteiger charge is -2.25. The number of hydrogen-bond acceptors (Lipinski definition) is 7. The number of amides is 1. The Morgan fingerprint density at radius 1 is 1.36 bits per heavy atom. The van der Waals surface area contributed by atoms with Crippen molar-refractivity contribution in [2.24, 2.45) is 0 Å². The molecule has 0 unspecified atom stereocenters. The summed E-state index contributed by atoms with van der Waals surface area (Å²) in [5, 5.41) is 17.9. The largest absolute Gasteiger partial charge is 0.504 e. The molecule has 1 aromatic heterocycles. The Morgan fingerprint density at radius 2 is 2.14 bits per heavy atom. The van der Waals surface area contributed by atoms with E-state index in [0.29, 0.717) is 31.1 Å². The zero-order chi connectivity index (χ0) is 19.9. The van der Waals surface area contributed by atoms with Crippen LogP contribution in [-0.2, 0) is 13.1 Å². The molecule has 8 nitrogen and oxygen atoms in total. The molecule has 1 aliphatic rings. The molecule has 1 N–H and O–H groups in total. The number of benzene rings is 1. The van der Waals surface area contributed by atoms with Crippen LogP contribution < -0.4 is 4.74 Å². The third-order valence-electron chi connectivity index (χ3n) is 4.54. The van der Waals surface area contributed by atoms with Crippen molar-refractivity contribution in [2.45, 2.75) is 20.0 Å². The summed E-state index contributed by atoms with van der Waals surface area (Å²) in [6, 6.07) is 5.40. The third-order valence-corrected chi connectivity index (χ3v) is 5.49. The van der Waals surface area contributed by atoms with Crippen LogP contribution in [0.4, 0.5) is 0 Å². The van der Waals surface area contributed by atoms with Crippen molar-refractivity contribution in [1.29, 1.82) is 0 Å². The molecule has 1 aromatic carbocycles. The van der Waals surface area contributed by atoms with Crippen molar-refractivity contribution in [2.75, 3.05) is 44.8 Å². The Hall–Kier alpha value is -2.26. The molecule has 3 rings (SSSR count). The highest BCUT2D eigenvalue weighted by molar-refractivity contribution is 7.99. The molecule has 1 saturated heterocycles. The van der Waals surface area contributed by atoms with E-state index in [4.69, 9.17) is 4.74 Å². The van der Waals surface area contributed by atoms with Gasteiger partial charge in [-0.15, -0.1) is 5.10 Å². The average Bonchev–Trinajstić information content (AvgIpc) is 3.18. The number of rotatable bonds is 8. The smallest absolute Gasteiger partial charge is 0.276 e. The van der Waals surface area contributed by atoms with Crippen molar-refractivity contribution >= 4 is 17.7 Å². The number of aromatic nitrogens is 3. The molecule has 9 heteroatoms. The first kappa shape index (κ1) is 20.5. The van der Waals surface area contributed by atoms with Crippen molar-refractivity contribution in [3.05, 3.63) is 35.7 Å². The minimum atomic E-state index is -0.0348. The van der Waals surface area contributed by atoms with Crippen LogP contribution in [0.25, 0.3) is 0 Å². The fourth-order valence-electron chi connectivity index (χ4n) is 3.03. The van der Waals surface area contributed by atoms with Crippen molar-refractivity contribution in [3.8, 4) is 11.5 Å². The standard InChI is InChI=1S/C19H27N5O3S/c1-3-27-18-12-15(4-5-17(18)25)13-22(2)6-7-24-14-16(20-21-24)19(26)23-8-10-28-11-9-23/h4-5,12,14,25H,3,6-11,13H2,1-2H3. The molecule has 1 amide bonds. The van der Waals surface area contributed by atoms with Gasteiger partial charge in [-0.05, 0) is 31.7 Å². The summed E-state index contributed by atoms with van der Waals surface area (Å²) in [4.78, 5) is 16.5. The number of phenolic OH excluding ortho intramolecular Hbond substituents is 1. The zero-order valence-corrected chi connectivity index (χ0v) is 17.2. The Morgan fingerprint density at radius 3 is 2.89 bits per heavy atom. The first-order valence-corrected chi connectivity index (χ1v) is 10.6. The minimum absolute atomic E-state index is 0.0348. The van der Waals surface area contributed by atoms with E-state index in [1.54, 1.807) is 16.9 Å². The maximum absolute atomic E-state index is 12.5. The molecule has 1 fully saturated rings. The van der Waals surface area contributed by atoms with E-state index < -0.39 is 0 Å². The first-order chi connectivity index (χ1) is 13.6. The van der Waals surface area contributed by atoms with E-state index in [1.165, 1.54) is 0 Å². The molecule has 0 bridgehead atoms. The summed E-state index contributed by atoms with van der Waals surface area (Å²) in [6.07, 6.45) is 1.73. The molecule has 28 heavy (non-hydrogen) atoms. The number of carbonyl (C=O) groups is 1. The lowest BCUT2D eigenvalue weighted by atomic mass is 10.2. The van der Waals surface area contributed by atoms with Gasteiger partial charge in [-0.2, -0.15) is 11.8 Å². The van der Waals surface area contributed by atoms with Gasteiger partial charge in [-0.3, -0.25) is 9.48 Å². The van der Waals surface area contributed by atoms with Crippen LogP contribution in [0.3, 0.4) is 0 Å². The van der Waals surface area contributed by atoms with Gasteiger partial charge in [0.05, 0.1) is 19.3 Å². The second-order valence-electron chi connectivity index (χ2n) is 6.74. The molecule has 0 radical (unpaired) electrons. The molecule has 2 heterocycles. The highest BCUT2D eigenvalue weighted by atomic mass is 32.2. The van der Waals surface area contributed by atoms with Gasteiger partial charge in [0.15, 0.2) is 17.2 Å². The zero-order valence-electron chi connectivity index (χ0n) is 16.4. The van der Waals surface area contributed by atoms with E-state index in [9.17, 15) is 9.90 Å². The summed E-state index contributed by atoms with van der Waals surface area (Å²) >= 11 is 1.87. The number of ether oxygens (including phenoxy) is 1. The van der Waals surface area contributed by atoms with Gasteiger partial charge in [0.2, 0.25) is 0 Å². The summed E-state index contributed by atoms with van der Waals surface area (Å²) in [5.74, 6) is 2.58. The Labute approximate surface area is 169 Å². The van der Waals surface area contributed by atoms with Crippen LogP contribution in [-0.4, -0.2) is 80.6 Å². The van der Waals surface area contributed by atoms with Crippen molar-refractivity contribution < 1.29 is 14.6 Å². The predicted molar refractivity (Wildman–Crippen MR) is 109 cm³/mol. The number of carbonyl (C=O) groups excluding carboxylic acids is 1. The van der Waals surface area contributed by atoms with E-state index >= 15 is 0 Å². The number of hydrogen-bond donors (Lipinski definition) is 1. The number of phenols is 1. The average molecular weight is 406 g/mol. The van der Waals surface area contributed by atoms with Gasteiger partial charge in [-0.25, -0.2) is 0 Å². The highest BCUT2D eigenvalue weighted by Gasteiger charge is 2.21. The highest BCUT2D eigenvalue weighted by Crippen LogP contribution is 2.27. The lowest BCUT2D eigenvalue weighted by molar-refractivity contribution is 0.0766. The molecule has 0 atom stereocenters. The number of nitrogens with zero attached hydrogens (tertiary/aromatic N) is 5.